The molecule has 0 bridgehead atoms. The molecule has 1 aromatic rings. The average molecular weight is 611 g/mol. The molecule has 9 heteroatoms. The van der Waals surface area contributed by atoms with Crippen LogP contribution in [0.5, 0.6) is 0 Å². The van der Waals surface area contributed by atoms with Crippen molar-refractivity contribution in [2.45, 2.75) is 79.3 Å². The highest BCUT2D eigenvalue weighted by molar-refractivity contribution is 6.33. The van der Waals surface area contributed by atoms with Gasteiger partial charge in [-0.1, -0.05) is 70.5 Å². The van der Waals surface area contributed by atoms with Gasteiger partial charge in [0.2, 0.25) is 12.8 Å². The number of rotatable bonds is 14. The van der Waals surface area contributed by atoms with Crippen molar-refractivity contribution in [1.29, 1.82) is 0 Å². The molecule has 0 radical (unpaired) electrons. The van der Waals surface area contributed by atoms with Gasteiger partial charge in [-0.3, -0.25) is 19.5 Å². The lowest BCUT2D eigenvalue weighted by atomic mass is 9.80. The van der Waals surface area contributed by atoms with Crippen LogP contribution in [-0.4, -0.2) is 73.9 Å². The van der Waals surface area contributed by atoms with Crippen LogP contribution in [0.25, 0.3) is 0 Å². The summed E-state index contributed by atoms with van der Waals surface area (Å²) in [4.78, 5) is 40.5. The number of anilines is 2. The number of hydrogen-bond donors (Lipinski definition) is 1. The van der Waals surface area contributed by atoms with Crippen molar-refractivity contribution in [2.75, 3.05) is 43.0 Å². The fourth-order valence-electron chi connectivity index (χ4n) is 6.33. The fourth-order valence-corrected chi connectivity index (χ4v) is 6.60. The lowest BCUT2D eigenvalue weighted by molar-refractivity contribution is -0.110. The van der Waals surface area contributed by atoms with Crippen LogP contribution in [-0.2, 0) is 9.59 Å². The Hall–Kier alpha value is -3.13. The van der Waals surface area contributed by atoms with Crippen LogP contribution in [0.15, 0.2) is 47.5 Å². The van der Waals surface area contributed by atoms with Gasteiger partial charge in [-0.2, -0.15) is 0 Å². The number of aromatic nitrogens is 1. The van der Waals surface area contributed by atoms with E-state index >= 15 is 0 Å². The lowest BCUT2D eigenvalue weighted by Gasteiger charge is -2.38. The predicted molar refractivity (Wildman–Crippen MR) is 180 cm³/mol. The van der Waals surface area contributed by atoms with Crippen molar-refractivity contribution in [3.8, 4) is 0 Å². The highest BCUT2D eigenvalue weighted by Crippen LogP contribution is 2.40. The minimum absolute atomic E-state index is 0.0851. The first-order valence-electron chi connectivity index (χ1n) is 15.6. The first kappa shape index (κ1) is 34.4. The van der Waals surface area contributed by atoms with E-state index in [-0.39, 0.29) is 23.4 Å². The second-order valence-corrected chi connectivity index (χ2v) is 13.1. The Kier molecular flexibility index (Phi) is 12.4. The summed E-state index contributed by atoms with van der Waals surface area (Å²) in [6.07, 6.45) is 13.4. The van der Waals surface area contributed by atoms with Crippen LogP contribution < -0.4 is 15.1 Å². The largest absolute Gasteiger partial charge is 0.357 e. The Morgan fingerprint density at radius 1 is 1.33 bits per heavy atom. The second kappa shape index (κ2) is 15.6. The monoisotopic (exact) mass is 610 g/mol. The van der Waals surface area contributed by atoms with E-state index in [4.69, 9.17) is 21.6 Å². The third-order valence-corrected chi connectivity index (χ3v) is 9.25. The van der Waals surface area contributed by atoms with Crippen molar-refractivity contribution in [3.63, 3.8) is 0 Å². The highest BCUT2D eigenvalue weighted by Gasteiger charge is 2.37. The maximum absolute atomic E-state index is 13.2. The van der Waals surface area contributed by atoms with Crippen LogP contribution in [0.4, 0.5) is 11.6 Å². The van der Waals surface area contributed by atoms with E-state index in [1.807, 2.05) is 19.1 Å². The molecule has 1 aliphatic heterocycles. The molecule has 4 unspecified atom stereocenters. The smallest absolute Gasteiger partial charge is 0.215 e. The molecule has 2 amide bonds. The zero-order valence-electron chi connectivity index (χ0n) is 27.1. The van der Waals surface area contributed by atoms with Crippen molar-refractivity contribution in [2.24, 2.45) is 22.2 Å². The van der Waals surface area contributed by atoms with Crippen LogP contribution in [0.3, 0.4) is 0 Å². The summed E-state index contributed by atoms with van der Waals surface area (Å²) in [6, 6.07) is 1.67. The van der Waals surface area contributed by atoms with Gasteiger partial charge in [0.15, 0.2) is 0 Å². The molecular weight excluding hydrogens is 560 g/mol. The van der Waals surface area contributed by atoms with Crippen molar-refractivity contribution >= 4 is 41.9 Å². The number of amides is 2. The maximum Gasteiger partial charge on any atom is 0.215 e. The van der Waals surface area contributed by atoms with E-state index in [2.05, 4.69) is 74.5 Å². The molecule has 1 aromatic heterocycles. The van der Waals surface area contributed by atoms with Gasteiger partial charge in [-0.25, -0.2) is 4.98 Å². The van der Waals surface area contributed by atoms with Gasteiger partial charge in [0.1, 0.15) is 17.5 Å². The molecular formula is C34H51ClN6O2. The molecule has 0 spiro atoms. The minimum Gasteiger partial charge on any atom is -0.357 e. The van der Waals surface area contributed by atoms with E-state index in [9.17, 15) is 9.59 Å². The number of carbonyl (C=O) groups excluding carboxylic acids is 2. The summed E-state index contributed by atoms with van der Waals surface area (Å²) < 4.78 is 0. The van der Waals surface area contributed by atoms with Gasteiger partial charge in [0.25, 0.3) is 0 Å². The third-order valence-electron chi connectivity index (χ3n) is 8.97. The van der Waals surface area contributed by atoms with E-state index in [1.54, 1.807) is 11.9 Å². The van der Waals surface area contributed by atoms with E-state index in [1.165, 1.54) is 5.57 Å². The third kappa shape index (κ3) is 7.88. The molecule has 3 rings (SSSR count). The molecule has 2 aliphatic rings. The normalized spacial score (nSPS) is 21.3. The number of carbonyl (C=O) groups is 2. The molecule has 1 N–H and O–H groups in total. The summed E-state index contributed by atoms with van der Waals surface area (Å²) >= 11 is 7.08. The van der Waals surface area contributed by atoms with Gasteiger partial charge in [-0.05, 0) is 55.6 Å². The number of nitrogens with one attached hydrogen (secondary N) is 1. The van der Waals surface area contributed by atoms with E-state index < -0.39 is 0 Å². The summed E-state index contributed by atoms with van der Waals surface area (Å²) in [7, 11) is 1.75. The summed E-state index contributed by atoms with van der Waals surface area (Å²) in [5.74, 6) is 2.56. The quantitative estimate of drug-likeness (QED) is 0.116. The van der Waals surface area contributed by atoms with Crippen LogP contribution in [0.1, 0.15) is 72.8 Å². The molecule has 43 heavy (non-hydrogen) atoms. The summed E-state index contributed by atoms with van der Waals surface area (Å²) in [6.45, 7) is 19.8. The molecule has 8 nitrogen and oxygen atoms in total. The molecule has 236 valence electrons. The highest BCUT2D eigenvalue weighted by atomic mass is 35.5. The molecule has 1 aliphatic carbocycles. The number of nitrogens with zero attached hydrogens (tertiary/aromatic N) is 5. The van der Waals surface area contributed by atoms with Gasteiger partial charge in [-0.15, -0.1) is 6.58 Å². The number of allylic oxidation sites excluding steroid dienone is 2. The van der Waals surface area contributed by atoms with Crippen molar-refractivity contribution in [1.82, 2.24) is 15.2 Å². The second-order valence-electron chi connectivity index (χ2n) is 12.7. The number of halogens is 1. The van der Waals surface area contributed by atoms with Crippen molar-refractivity contribution < 1.29 is 9.59 Å². The summed E-state index contributed by atoms with van der Waals surface area (Å²) in [5.41, 5.74) is 2.04. The Bertz CT molecular complexity index is 1220. The van der Waals surface area contributed by atoms with Crippen molar-refractivity contribution in [3.05, 3.63) is 53.1 Å². The van der Waals surface area contributed by atoms with Crippen LogP contribution in [0, 0.1) is 17.3 Å². The molecule has 2 heterocycles. The molecule has 1 fully saturated rings. The van der Waals surface area contributed by atoms with Gasteiger partial charge in [0.05, 0.1) is 16.6 Å². The molecule has 0 aromatic carbocycles. The van der Waals surface area contributed by atoms with Gasteiger partial charge in [0, 0.05) is 45.2 Å². The zero-order chi connectivity index (χ0) is 31.7. The SMILES string of the molecule is C=CCCN(C(=NC)c1cc(Cl)c(N2CCC(C(C)(C)C)C2)nc1N(C=O)C1C(CC)=CC=CC1CC)C(C)CNC=O. The topological polar surface area (TPSA) is 81.1 Å². The number of pyridine rings is 1. The molecule has 4 atom stereocenters. The lowest BCUT2D eigenvalue weighted by Crippen LogP contribution is -2.47. The Balaban J connectivity index is 2.24. The summed E-state index contributed by atoms with van der Waals surface area (Å²) in [5, 5.41) is 3.34. The van der Waals surface area contributed by atoms with E-state index in [0.717, 1.165) is 38.8 Å². The minimum atomic E-state index is -0.174. The molecule has 0 saturated carbocycles. The molecule has 1 saturated heterocycles. The Morgan fingerprint density at radius 3 is 2.63 bits per heavy atom. The van der Waals surface area contributed by atoms with Crippen LogP contribution >= 0.6 is 11.6 Å². The number of hydrogen-bond acceptors (Lipinski definition) is 5. The first-order valence-corrected chi connectivity index (χ1v) is 16.0. The maximum atomic E-state index is 13.2. The Labute approximate surface area is 264 Å². The van der Waals surface area contributed by atoms with Gasteiger partial charge < -0.3 is 15.1 Å². The zero-order valence-corrected chi connectivity index (χ0v) is 27.9. The number of aliphatic imine (C=N–C) groups is 1. The number of amidine groups is 1. The Morgan fingerprint density at radius 2 is 2.07 bits per heavy atom. The fraction of sp³-hybridized carbons (Fsp3) is 0.588. The van der Waals surface area contributed by atoms with Gasteiger partial charge >= 0.3 is 0 Å². The first-order chi connectivity index (χ1) is 20.6. The van der Waals surface area contributed by atoms with E-state index in [0.29, 0.717) is 59.9 Å². The standard InChI is InChI=1S/C34H51ClN6O2/c1-9-12-17-40(24(4)20-37-22-42)31(36-8)28-19-29(35)33(39-18-16-27(21-39)34(5,6)7)38-32(28)41(23-43)30-25(10-2)14-13-15-26(30)11-3/h9,13-15,19,22-25,27,30H,1,10-12,16-18,20-21H2,2-8H3,(H,37,42). The predicted octanol–water partition coefficient (Wildman–Crippen LogP) is 6.26. The average Bonchev–Trinajstić information content (AvgIpc) is 3.50. The van der Waals surface area contributed by atoms with Crippen LogP contribution in [0.2, 0.25) is 5.02 Å².